The molecule has 8 nitrogen and oxygen atoms in total. The van der Waals surface area contributed by atoms with E-state index in [4.69, 9.17) is 4.52 Å². The minimum absolute atomic E-state index is 0.0446. The Labute approximate surface area is 163 Å². The van der Waals surface area contributed by atoms with Gasteiger partial charge in [-0.15, -0.1) is 0 Å². The van der Waals surface area contributed by atoms with Gasteiger partial charge in [-0.2, -0.15) is 10.2 Å². The summed E-state index contributed by atoms with van der Waals surface area (Å²) in [5.74, 6) is 1.22. The first-order valence-electron chi connectivity index (χ1n) is 9.70. The van der Waals surface area contributed by atoms with Crippen molar-refractivity contribution in [3.8, 4) is 11.3 Å². The third-order valence-corrected chi connectivity index (χ3v) is 5.42. The van der Waals surface area contributed by atoms with E-state index in [-0.39, 0.29) is 12.5 Å². The van der Waals surface area contributed by atoms with E-state index < -0.39 is 0 Å². The van der Waals surface area contributed by atoms with Crippen LogP contribution in [0.1, 0.15) is 47.1 Å². The number of rotatable bonds is 7. The highest BCUT2D eigenvalue weighted by molar-refractivity contribution is 5.75. The lowest BCUT2D eigenvalue weighted by Crippen LogP contribution is -2.31. The van der Waals surface area contributed by atoms with E-state index in [1.165, 1.54) is 5.69 Å². The molecule has 3 aromatic rings. The highest BCUT2D eigenvalue weighted by atomic mass is 16.5. The molecule has 3 heterocycles. The first kappa shape index (κ1) is 18.5. The maximum atomic E-state index is 12.3. The van der Waals surface area contributed by atoms with Gasteiger partial charge in [0.25, 0.3) is 0 Å². The Hall–Kier alpha value is -2.90. The van der Waals surface area contributed by atoms with Crippen LogP contribution in [0.2, 0.25) is 0 Å². The monoisotopic (exact) mass is 382 g/mol. The van der Waals surface area contributed by atoms with Gasteiger partial charge in [-0.25, -0.2) is 0 Å². The normalized spacial score (nSPS) is 13.9. The zero-order chi connectivity index (χ0) is 19.8. The van der Waals surface area contributed by atoms with Crippen LogP contribution in [0.25, 0.3) is 11.3 Å². The molecule has 0 aromatic carbocycles. The second-order valence-corrected chi connectivity index (χ2v) is 7.58. The molecule has 4 rings (SSSR count). The lowest BCUT2D eigenvalue weighted by molar-refractivity contribution is -0.121. The summed E-state index contributed by atoms with van der Waals surface area (Å²) in [6.07, 6.45) is 4.17. The Kier molecular flexibility index (Phi) is 4.78. The second-order valence-electron chi connectivity index (χ2n) is 7.58. The van der Waals surface area contributed by atoms with Crippen molar-refractivity contribution in [3.63, 3.8) is 0 Å². The van der Waals surface area contributed by atoms with Gasteiger partial charge in [0, 0.05) is 24.2 Å². The van der Waals surface area contributed by atoms with Crippen LogP contribution >= 0.6 is 0 Å². The minimum atomic E-state index is -0.0446. The van der Waals surface area contributed by atoms with E-state index in [0.29, 0.717) is 19.0 Å². The number of hydrogen-bond donors (Lipinski definition) is 1. The number of carbonyl (C=O) groups excluding carboxylic acids is 1. The minimum Gasteiger partial charge on any atom is -0.356 e. The molecule has 1 amide bonds. The standard InChI is InChI=1S/C20H26N6O2/c1-12-9-18(28-24-12)17-10-22-25(20(17)16-5-6-16)8-7-21-19(27)11-26-15(4)13(2)14(3)23-26/h9-10,16H,5-8,11H2,1-4H3,(H,21,27). The molecule has 8 heteroatoms. The predicted molar refractivity (Wildman–Crippen MR) is 104 cm³/mol. The average Bonchev–Trinajstić information content (AvgIpc) is 3.20. The molecule has 0 aliphatic heterocycles. The van der Waals surface area contributed by atoms with Crippen molar-refractivity contribution in [2.24, 2.45) is 0 Å². The molecule has 0 radical (unpaired) electrons. The summed E-state index contributed by atoms with van der Waals surface area (Å²) in [6, 6.07) is 1.94. The van der Waals surface area contributed by atoms with Gasteiger partial charge < -0.3 is 9.84 Å². The van der Waals surface area contributed by atoms with Crippen LogP contribution in [0.3, 0.4) is 0 Å². The van der Waals surface area contributed by atoms with E-state index in [1.54, 1.807) is 4.68 Å². The Bertz CT molecular complexity index is 1010. The molecular formula is C20H26N6O2. The summed E-state index contributed by atoms with van der Waals surface area (Å²) >= 11 is 0. The molecule has 1 N–H and O–H groups in total. The third-order valence-electron chi connectivity index (χ3n) is 5.42. The zero-order valence-electron chi connectivity index (χ0n) is 16.8. The van der Waals surface area contributed by atoms with Gasteiger partial charge in [-0.05, 0) is 46.1 Å². The summed E-state index contributed by atoms with van der Waals surface area (Å²) < 4.78 is 9.17. The maximum Gasteiger partial charge on any atom is 0.241 e. The van der Waals surface area contributed by atoms with Crippen molar-refractivity contribution >= 4 is 5.91 Å². The van der Waals surface area contributed by atoms with E-state index >= 15 is 0 Å². The molecule has 0 bridgehead atoms. The van der Waals surface area contributed by atoms with Crippen LogP contribution < -0.4 is 5.32 Å². The van der Waals surface area contributed by atoms with Crippen molar-refractivity contribution in [3.05, 3.63) is 40.6 Å². The van der Waals surface area contributed by atoms with Crippen molar-refractivity contribution < 1.29 is 9.32 Å². The van der Waals surface area contributed by atoms with Gasteiger partial charge in [0.2, 0.25) is 5.91 Å². The molecule has 1 aliphatic rings. The van der Waals surface area contributed by atoms with Gasteiger partial charge in [-0.3, -0.25) is 14.2 Å². The van der Waals surface area contributed by atoms with Gasteiger partial charge in [-0.1, -0.05) is 5.16 Å². The summed E-state index contributed by atoms with van der Waals surface area (Å²) in [6.45, 7) is 9.26. The lowest BCUT2D eigenvalue weighted by Gasteiger charge is -2.10. The molecule has 0 atom stereocenters. The van der Waals surface area contributed by atoms with Gasteiger partial charge in [0.05, 0.1) is 35.4 Å². The van der Waals surface area contributed by atoms with Gasteiger partial charge >= 0.3 is 0 Å². The number of nitrogens with zero attached hydrogens (tertiary/aromatic N) is 5. The number of hydrogen-bond acceptors (Lipinski definition) is 5. The van der Waals surface area contributed by atoms with Crippen molar-refractivity contribution in [1.82, 2.24) is 30.0 Å². The first-order valence-corrected chi connectivity index (χ1v) is 9.70. The number of aryl methyl sites for hydroxylation is 2. The summed E-state index contributed by atoms with van der Waals surface area (Å²) in [4.78, 5) is 12.3. The van der Waals surface area contributed by atoms with E-state index in [9.17, 15) is 4.79 Å². The van der Waals surface area contributed by atoms with E-state index in [2.05, 4.69) is 20.7 Å². The topological polar surface area (TPSA) is 90.8 Å². The second kappa shape index (κ2) is 7.26. The number of nitrogens with one attached hydrogen (secondary N) is 1. The molecule has 3 aromatic heterocycles. The van der Waals surface area contributed by atoms with Crippen molar-refractivity contribution in [2.45, 2.75) is 59.5 Å². The molecule has 0 unspecified atom stereocenters. The quantitative estimate of drug-likeness (QED) is 0.678. The molecule has 148 valence electrons. The largest absolute Gasteiger partial charge is 0.356 e. The van der Waals surface area contributed by atoms with Crippen LogP contribution in [-0.4, -0.2) is 37.2 Å². The Morgan fingerprint density at radius 1 is 1.25 bits per heavy atom. The van der Waals surface area contributed by atoms with Crippen LogP contribution in [0.5, 0.6) is 0 Å². The highest BCUT2D eigenvalue weighted by Gasteiger charge is 2.31. The fourth-order valence-electron chi connectivity index (χ4n) is 3.47. The van der Waals surface area contributed by atoms with E-state index in [0.717, 1.165) is 46.8 Å². The Morgan fingerprint density at radius 3 is 2.64 bits per heavy atom. The summed E-state index contributed by atoms with van der Waals surface area (Å²) in [5, 5.41) is 15.9. The Balaban J connectivity index is 1.39. The predicted octanol–water partition coefficient (Wildman–Crippen LogP) is 2.66. The third kappa shape index (κ3) is 3.58. The van der Waals surface area contributed by atoms with Crippen LogP contribution in [-0.2, 0) is 17.9 Å². The molecular weight excluding hydrogens is 356 g/mol. The fourth-order valence-corrected chi connectivity index (χ4v) is 3.47. The smallest absolute Gasteiger partial charge is 0.241 e. The molecule has 28 heavy (non-hydrogen) atoms. The number of amides is 1. The van der Waals surface area contributed by atoms with Gasteiger partial charge in [0.1, 0.15) is 6.54 Å². The Morgan fingerprint density at radius 2 is 2.04 bits per heavy atom. The molecule has 1 aliphatic carbocycles. The number of carbonyl (C=O) groups is 1. The number of aromatic nitrogens is 5. The fraction of sp³-hybridized carbons (Fsp3) is 0.500. The van der Waals surface area contributed by atoms with Crippen LogP contribution in [0.4, 0.5) is 0 Å². The summed E-state index contributed by atoms with van der Waals surface area (Å²) in [5.41, 5.74) is 6.17. The van der Waals surface area contributed by atoms with Crippen LogP contribution in [0.15, 0.2) is 16.8 Å². The summed E-state index contributed by atoms with van der Waals surface area (Å²) in [7, 11) is 0. The first-order chi connectivity index (χ1) is 13.4. The average molecular weight is 382 g/mol. The lowest BCUT2D eigenvalue weighted by atomic mass is 10.1. The van der Waals surface area contributed by atoms with Gasteiger partial charge in [0.15, 0.2) is 5.76 Å². The van der Waals surface area contributed by atoms with Crippen LogP contribution in [0, 0.1) is 27.7 Å². The van der Waals surface area contributed by atoms with E-state index in [1.807, 2.05) is 44.6 Å². The molecule has 1 fully saturated rings. The maximum absolute atomic E-state index is 12.3. The molecule has 1 saturated carbocycles. The molecule has 0 saturated heterocycles. The molecule has 0 spiro atoms. The SMILES string of the molecule is Cc1cc(-c2cnn(CCNC(=O)Cn3nc(C)c(C)c3C)c2C2CC2)on1. The highest BCUT2D eigenvalue weighted by Crippen LogP contribution is 2.44. The van der Waals surface area contributed by atoms with Crippen molar-refractivity contribution in [2.75, 3.05) is 6.54 Å². The van der Waals surface area contributed by atoms with Crippen molar-refractivity contribution in [1.29, 1.82) is 0 Å². The zero-order valence-corrected chi connectivity index (χ0v) is 16.8.